The molecule has 0 saturated carbocycles. The zero-order chi connectivity index (χ0) is 16.2. The van der Waals surface area contributed by atoms with Crippen molar-refractivity contribution in [3.05, 3.63) is 35.9 Å². The molecule has 0 spiro atoms. The molecule has 0 unspecified atom stereocenters. The molecule has 1 fully saturated rings. The number of piperidine rings is 1. The molecule has 0 amide bonds. The second-order valence-corrected chi connectivity index (χ2v) is 6.98. The standard InChI is InChI=1S/C21H35NO/c1-2-3-9-21-13-16-22(17-14-21)15-8-19-23-18-7-12-20-10-5-4-6-11-20/h4-6,10-11,21H,2-3,7-9,12-19H2,1H3. The van der Waals surface area contributed by atoms with E-state index < -0.39 is 0 Å². The summed E-state index contributed by atoms with van der Waals surface area (Å²) < 4.78 is 5.79. The van der Waals surface area contributed by atoms with Crippen molar-refractivity contribution in [2.45, 2.75) is 58.3 Å². The van der Waals surface area contributed by atoms with Crippen molar-refractivity contribution in [3.8, 4) is 0 Å². The zero-order valence-corrected chi connectivity index (χ0v) is 15.0. The maximum Gasteiger partial charge on any atom is 0.0478 e. The number of likely N-dealkylation sites (tertiary alicyclic amines) is 1. The van der Waals surface area contributed by atoms with Gasteiger partial charge in [-0.2, -0.15) is 0 Å². The first-order valence-corrected chi connectivity index (χ1v) is 9.72. The van der Waals surface area contributed by atoms with E-state index in [-0.39, 0.29) is 0 Å². The number of hydrogen-bond donors (Lipinski definition) is 0. The van der Waals surface area contributed by atoms with Crippen molar-refractivity contribution in [1.82, 2.24) is 4.90 Å². The van der Waals surface area contributed by atoms with E-state index >= 15 is 0 Å². The zero-order valence-electron chi connectivity index (χ0n) is 15.0. The predicted octanol–water partition coefficient (Wildman–Crippen LogP) is 4.93. The largest absolute Gasteiger partial charge is 0.381 e. The topological polar surface area (TPSA) is 12.5 Å². The van der Waals surface area contributed by atoms with Crippen LogP contribution in [0, 0.1) is 5.92 Å². The van der Waals surface area contributed by atoms with Gasteiger partial charge in [0.1, 0.15) is 0 Å². The van der Waals surface area contributed by atoms with Crippen LogP contribution in [-0.4, -0.2) is 37.7 Å². The van der Waals surface area contributed by atoms with Gasteiger partial charge in [-0.3, -0.25) is 0 Å². The van der Waals surface area contributed by atoms with Gasteiger partial charge in [-0.1, -0.05) is 56.5 Å². The molecule has 0 N–H and O–H groups in total. The van der Waals surface area contributed by atoms with Gasteiger partial charge < -0.3 is 9.64 Å². The molecule has 1 aliphatic heterocycles. The van der Waals surface area contributed by atoms with Crippen molar-refractivity contribution in [1.29, 1.82) is 0 Å². The normalized spacial score (nSPS) is 16.7. The van der Waals surface area contributed by atoms with E-state index in [9.17, 15) is 0 Å². The highest BCUT2D eigenvalue weighted by atomic mass is 16.5. The lowest BCUT2D eigenvalue weighted by Crippen LogP contribution is -2.34. The number of nitrogens with zero attached hydrogens (tertiary/aromatic N) is 1. The first-order valence-electron chi connectivity index (χ1n) is 9.72. The molecular weight excluding hydrogens is 282 g/mol. The molecule has 0 aromatic heterocycles. The van der Waals surface area contributed by atoms with Gasteiger partial charge in [0.05, 0.1) is 0 Å². The molecule has 0 bridgehead atoms. The fourth-order valence-electron chi connectivity index (χ4n) is 3.51. The molecule has 2 nitrogen and oxygen atoms in total. The quantitative estimate of drug-likeness (QED) is 0.537. The van der Waals surface area contributed by atoms with Crippen LogP contribution in [0.25, 0.3) is 0 Å². The van der Waals surface area contributed by atoms with E-state index in [1.807, 2.05) is 0 Å². The molecule has 1 heterocycles. The summed E-state index contributed by atoms with van der Waals surface area (Å²) in [6.07, 6.45) is 10.5. The Balaban J connectivity index is 1.41. The van der Waals surface area contributed by atoms with Crippen molar-refractivity contribution >= 4 is 0 Å². The minimum atomic E-state index is 0.897. The molecule has 2 rings (SSSR count). The van der Waals surface area contributed by atoms with Gasteiger partial charge in [0.15, 0.2) is 0 Å². The van der Waals surface area contributed by atoms with E-state index in [1.165, 1.54) is 63.7 Å². The molecule has 2 heteroatoms. The average Bonchev–Trinajstić information content (AvgIpc) is 2.61. The summed E-state index contributed by atoms with van der Waals surface area (Å²) in [6, 6.07) is 10.7. The fourth-order valence-corrected chi connectivity index (χ4v) is 3.51. The van der Waals surface area contributed by atoms with Gasteiger partial charge in [-0.25, -0.2) is 0 Å². The molecule has 0 atom stereocenters. The molecule has 130 valence electrons. The number of benzene rings is 1. The third kappa shape index (κ3) is 7.99. The maximum atomic E-state index is 5.79. The first-order chi connectivity index (χ1) is 11.4. The van der Waals surface area contributed by atoms with Crippen LogP contribution in [-0.2, 0) is 11.2 Å². The number of aryl methyl sites for hydroxylation is 1. The van der Waals surface area contributed by atoms with E-state index in [0.29, 0.717) is 0 Å². The lowest BCUT2D eigenvalue weighted by Gasteiger charge is -2.31. The van der Waals surface area contributed by atoms with Crippen LogP contribution in [0.3, 0.4) is 0 Å². The Kier molecular flexibility index (Phi) is 9.35. The monoisotopic (exact) mass is 317 g/mol. The van der Waals surface area contributed by atoms with Crippen LogP contribution in [0.15, 0.2) is 30.3 Å². The number of hydrogen-bond acceptors (Lipinski definition) is 2. The van der Waals surface area contributed by atoms with Crippen molar-refractivity contribution in [2.24, 2.45) is 5.92 Å². The SMILES string of the molecule is CCCCC1CCN(CCCOCCCc2ccccc2)CC1. The Morgan fingerprint density at radius 1 is 1.00 bits per heavy atom. The second-order valence-electron chi connectivity index (χ2n) is 6.98. The smallest absolute Gasteiger partial charge is 0.0478 e. The summed E-state index contributed by atoms with van der Waals surface area (Å²) in [7, 11) is 0. The average molecular weight is 318 g/mol. The van der Waals surface area contributed by atoms with Gasteiger partial charge >= 0.3 is 0 Å². The molecule has 1 aliphatic rings. The Labute approximate surface area is 143 Å². The highest BCUT2D eigenvalue weighted by molar-refractivity contribution is 5.14. The summed E-state index contributed by atoms with van der Waals surface area (Å²) in [5.74, 6) is 1.00. The van der Waals surface area contributed by atoms with Crippen LogP contribution in [0.4, 0.5) is 0 Å². The van der Waals surface area contributed by atoms with E-state index in [0.717, 1.165) is 32.0 Å². The Bertz CT molecular complexity index is 384. The number of unbranched alkanes of at least 4 members (excludes halogenated alkanes) is 1. The van der Waals surface area contributed by atoms with E-state index in [1.54, 1.807) is 0 Å². The lowest BCUT2D eigenvalue weighted by molar-refractivity contribution is 0.109. The van der Waals surface area contributed by atoms with Gasteiger partial charge in [-0.05, 0) is 56.7 Å². The molecule has 0 radical (unpaired) electrons. The van der Waals surface area contributed by atoms with E-state index in [2.05, 4.69) is 42.2 Å². The van der Waals surface area contributed by atoms with Crippen LogP contribution in [0.5, 0.6) is 0 Å². The second kappa shape index (κ2) is 11.6. The van der Waals surface area contributed by atoms with E-state index in [4.69, 9.17) is 4.74 Å². The molecule has 23 heavy (non-hydrogen) atoms. The number of ether oxygens (including phenoxy) is 1. The summed E-state index contributed by atoms with van der Waals surface area (Å²) in [4.78, 5) is 2.63. The summed E-state index contributed by atoms with van der Waals surface area (Å²) in [6.45, 7) is 7.96. The van der Waals surface area contributed by atoms with Gasteiger partial charge in [0.2, 0.25) is 0 Å². The highest BCUT2D eigenvalue weighted by Crippen LogP contribution is 2.22. The summed E-state index contributed by atoms with van der Waals surface area (Å²) >= 11 is 0. The third-order valence-electron chi connectivity index (χ3n) is 5.03. The van der Waals surface area contributed by atoms with Crippen LogP contribution >= 0.6 is 0 Å². The Morgan fingerprint density at radius 3 is 2.48 bits per heavy atom. The Morgan fingerprint density at radius 2 is 1.74 bits per heavy atom. The lowest BCUT2D eigenvalue weighted by atomic mass is 9.91. The first kappa shape index (κ1) is 18.5. The highest BCUT2D eigenvalue weighted by Gasteiger charge is 2.17. The molecular formula is C21H35NO. The minimum Gasteiger partial charge on any atom is -0.381 e. The minimum absolute atomic E-state index is 0.897. The Hall–Kier alpha value is -0.860. The van der Waals surface area contributed by atoms with Crippen LogP contribution in [0.2, 0.25) is 0 Å². The molecule has 1 aromatic carbocycles. The molecule has 1 saturated heterocycles. The maximum absolute atomic E-state index is 5.79. The van der Waals surface area contributed by atoms with Crippen LogP contribution in [0.1, 0.15) is 57.4 Å². The predicted molar refractivity (Wildman–Crippen MR) is 98.9 cm³/mol. The summed E-state index contributed by atoms with van der Waals surface area (Å²) in [5.41, 5.74) is 1.42. The van der Waals surface area contributed by atoms with Gasteiger partial charge in [-0.15, -0.1) is 0 Å². The fraction of sp³-hybridized carbons (Fsp3) is 0.714. The van der Waals surface area contributed by atoms with Crippen molar-refractivity contribution in [2.75, 3.05) is 32.8 Å². The van der Waals surface area contributed by atoms with Crippen molar-refractivity contribution < 1.29 is 4.74 Å². The summed E-state index contributed by atoms with van der Waals surface area (Å²) in [5, 5.41) is 0. The third-order valence-corrected chi connectivity index (χ3v) is 5.03. The van der Waals surface area contributed by atoms with Crippen molar-refractivity contribution in [3.63, 3.8) is 0 Å². The number of rotatable bonds is 11. The molecule has 0 aliphatic carbocycles. The van der Waals surface area contributed by atoms with Gasteiger partial charge in [0.25, 0.3) is 0 Å². The molecule has 1 aromatic rings. The van der Waals surface area contributed by atoms with Crippen LogP contribution < -0.4 is 0 Å². The van der Waals surface area contributed by atoms with Gasteiger partial charge in [0, 0.05) is 19.8 Å².